The molecule has 2 amide bonds. The lowest BCUT2D eigenvalue weighted by Gasteiger charge is -2.18. The lowest BCUT2D eigenvalue weighted by atomic mass is 10.2. The van der Waals surface area contributed by atoms with Gasteiger partial charge in [0.15, 0.2) is 6.10 Å². The highest BCUT2D eigenvalue weighted by atomic mass is 16.5. The number of hydrogen-bond acceptors (Lipinski definition) is 4. The summed E-state index contributed by atoms with van der Waals surface area (Å²) in [7, 11) is 0. The molecule has 26 heavy (non-hydrogen) atoms. The van der Waals surface area contributed by atoms with Crippen molar-refractivity contribution in [3.8, 4) is 11.8 Å². The van der Waals surface area contributed by atoms with E-state index in [0.717, 1.165) is 18.7 Å². The quantitative estimate of drug-likeness (QED) is 0.899. The highest BCUT2D eigenvalue weighted by Crippen LogP contribution is 2.24. The van der Waals surface area contributed by atoms with Crippen LogP contribution < -0.4 is 15.0 Å². The number of carbonyl (C=O) groups excluding carboxylic acids is 2. The van der Waals surface area contributed by atoms with Gasteiger partial charge in [-0.1, -0.05) is 6.07 Å². The van der Waals surface area contributed by atoms with Crippen molar-refractivity contribution < 1.29 is 14.3 Å². The molecule has 0 aromatic heterocycles. The maximum absolute atomic E-state index is 12.3. The summed E-state index contributed by atoms with van der Waals surface area (Å²) in [4.78, 5) is 25.8. The highest BCUT2D eigenvalue weighted by molar-refractivity contribution is 5.95. The molecule has 1 aliphatic rings. The van der Waals surface area contributed by atoms with Crippen LogP contribution in [0.2, 0.25) is 0 Å². The average molecular weight is 349 g/mol. The van der Waals surface area contributed by atoms with Crippen molar-refractivity contribution in [2.75, 3.05) is 16.8 Å². The lowest BCUT2D eigenvalue weighted by Crippen LogP contribution is -2.30. The topological polar surface area (TPSA) is 82.4 Å². The van der Waals surface area contributed by atoms with Gasteiger partial charge >= 0.3 is 0 Å². The predicted molar refractivity (Wildman–Crippen MR) is 97.9 cm³/mol. The Morgan fingerprint density at radius 2 is 2.04 bits per heavy atom. The Morgan fingerprint density at radius 1 is 1.27 bits per heavy atom. The van der Waals surface area contributed by atoms with Crippen molar-refractivity contribution >= 4 is 23.2 Å². The maximum atomic E-state index is 12.3. The van der Waals surface area contributed by atoms with Crippen LogP contribution in [-0.4, -0.2) is 24.5 Å². The summed E-state index contributed by atoms with van der Waals surface area (Å²) in [6.45, 7) is 2.39. The van der Waals surface area contributed by atoms with Gasteiger partial charge in [-0.25, -0.2) is 0 Å². The zero-order chi connectivity index (χ0) is 18.5. The number of ether oxygens (including phenoxy) is 1. The van der Waals surface area contributed by atoms with Crippen LogP contribution in [0.1, 0.15) is 25.3 Å². The van der Waals surface area contributed by atoms with Gasteiger partial charge in [-0.15, -0.1) is 0 Å². The van der Waals surface area contributed by atoms with E-state index in [-0.39, 0.29) is 11.8 Å². The molecule has 0 bridgehead atoms. The SMILES string of the molecule is C[C@@H](Oc1ccc(N2CCCC2=O)cc1)C(=O)Nc1cccc(C#N)c1. The molecule has 0 unspecified atom stereocenters. The third-order valence-corrected chi connectivity index (χ3v) is 4.16. The van der Waals surface area contributed by atoms with E-state index in [4.69, 9.17) is 10.00 Å². The number of nitriles is 1. The van der Waals surface area contributed by atoms with E-state index in [1.807, 2.05) is 18.2 Å². The number of carbonyl (C=O) groups is 2. The Labute approximate surface area is 152 Å². The third-order valence-electron chi connectivity index (χ3n) is 4.16. The first-order valence-corrected chi connectivity index (χ1v) is 8.45. The minimum Gasteiger partial charge on any atom is -0.481 e. The number of nitrogens with one attached hydrogen (secondary N) is 1. The molecule has 1 atom stereocenters. The Hall–Kier alpha value is -3.33. The fourth-order valence-electron chi connectivity index (χ4n) is 2.79. The Bertz CT molecular complexity index is 855. The van der Waals surface area contributed by atoms with E-state index in [0.29, 0.717) is 23.4 Å². The van der Waals surface area contributed by atoms with Crippen LogP contribution in [0.3, 0.4) is 0 Å². The molecule has 1 heterocycles. The van der Waals surface area contributed by atoms with Crippen LogP contribution in [0.15, 0.2) is 48.5 Å². The molecule has 1 aliphatic heterocycles. The molecule has 3 rings (SSSR count). The summed E-state index contributed by atoms with van der Waals surface area (Å²) in [5, 5.41) is 11.6. The van der Waals surface area contributed by atoms with Gasteiger partial charge in [-0.2, -0.15) is 5.26 Å². The first-order chi connectivity index (χ1) is 12.6. The summed E-state index contributed by atoms with van der Waals surface area (Å²) in [6, 6.07) is 15.9. The minimum absolute atomic E-state index is 0.131. The number of amides is 2. The second-order valence-electron chi connectivity index (χ2n) is 6.08. The van der Waals surface area contributed by atoms with Crippen molar-refractivity contribution in [1.29, 1.82) is 5.26 Å². The molecule has 6 heteroatoms. The second-order valence-corrected chi connectivity index (χ2v) is 6.08. The first-order valence-electron chi connectivity index (χ1n) is 8.45. The molecular formula is C20H19N3O3. The normalized spacial score (nSPS) is 14.6. The molecule has 1 N–H and O–H groups in total. The number of hydrogen-bond donors (Lipinski definition) is 1. The predicted octanol–water partition coefficient (Wildman–Crippen LogP) is 3.09. The number of benzene rings is 2. The van der Waals surface area contributed by atoms with Crippen LogP contribution in [0, 0.1) is 11.3 Å². The molecule has 2 aromatic carbocycles. The fraction of sp³-hybridized carbons (Fsp3) is 0.250. The molecule has 0 spiro atoms. The summed E-state index contributed by atoms with van der Waals surface area (Å²) >= 11 is 0. The van der Waals surface area contributed by atoms with Crippen molar-refractivity contribution in [1.82, 2.24) is 0 Å². The van der Waals surface area contributed by atoms with Crippen LogP contribution in [0.4, 0.5) is 11.4 Å². The van der Waals surface area contributed by atoms with E-state index in [1.54, 1.807) is 48.2 Å². The van der Waals surface area contributed by atoms with Crippen molar-refractivity contribution in [2.45, 2.75) is 25.9 Å². The van der Waals surface area contributed by atoms with Gasteiger partial charge in [0.05, 0.1) is 11.6 Å². The van der Waals surface area contributed by atoms with Gasteiger partial charge in [0, 0.05) is 24.3 Å². The summed E-state index contributed by atoms with van der Waals surface area (Å²) in [5.74, 6) is 0.374. The average Bonchev–Trinajstić information content (AvgIpc) is 3.08. The Morgan fingerprint density at radius 3 is 2.69 bits per heavy atom. The smallest absolute Gasteiger partial charge is 0.265 e. The van der Waals surface area contributed by atoms with E-state index in [9.17, 15) is 9.59 Å². The second kappa shape index (κ2) is 7.70. The van der Waals surface area contributed by atoms with E-state index < -0.39 is 6.10 Å². The Balaban J connectivity index is 1.60. The van der Waals surface area contributed by atoms with Crippen molar-refractivity contribution in [2.24, 2.45) is 0 Å². The molecule has 2 aromatic rings. The number of anilines is 2. The minimum atomic E-state index is -0.708. The van der Waals surface area contributed by atoms with Gasteiger partial charge < -0.3 is 15.0 Å². The highest BCUT2D eigenvalue weighted by Gasteiger charge is 2.21. The van der Waals surface area contributed by atoms with Gasteiger partial charge in [-0.3, -0.25) is 9.59 Å². The van der Waals surface area contributed by atoms with Gasteiger partial charge in [0.1, 0.15) is 5.75 Å². The van der Waals surface area contributed by atoms with Crippen LogP contribution in [-0.2, 0) is 9.59 Å². The molecule has 1 saturated heterocycles. The van der Waals surface area contributed by atoms with E-state index >= 15 is 0 Å². The third kappa shape index (κ3) is 4.01. The molecule has 0 aliphatic carbocycles. The van der Waals surface area contributed by atoms with Gasteiger partial charge in [-0.05, 0) is 55.8 Å². The zero-order valence-electron chi connectivity index (χ0n) is 14.4. The molecule has 132 valence electrons. The first kappa shape index (κ1) is 17.5. The monoisotopic (exact) mass is 349 g/mol. The molecule has 1 fully saturated rings. The molecular weight excluding hydrogens is 330 g/mol. The Kier molecular flexibility index (Phi) is 5.18. The van der Waals surface area contributed by atoms with Crippen LogP contribution >= 0.6 is 0 Å². The summed E-state index contributed by atoms with van der Waals surface area (Å²) < 4.78 is 5.67. The number of nitrogens with zero attached hydrogens (tertiary/aromatic N) is 2. The number of rotatable bonds is 5. The van der Waals surface area contributed by atoms with Crippen LogP contribution in [0.5, 0.6) is 5.75 Å². The summed E-state index contributed by atoms with van der Waals surface area (Å²) in [5.41, 5.74) is 1.86. The van der Waals surface area contributed by atoms with Gasteiger partial charge in [0.25, 0.3) is 5.91 Å². The van der Waals surface area contributed by atoms with Crippen molar-refractivity contribution in [3.05, 3.63) is 54.1 Å². The summed E-state index contributed by atoms with van der Waals surface area (Å²) in [6.07, 6.45) is 0.754. The fourth-order valence-corrected chi connectivity index (χ4v) is 2.79. The standard InChI is InChI=1S/C20H19N3O3/c1-14(20(25)22-16-5-2-4-15(12-16)13-21)26-18-9-7-17(8-10-18)23-11-3-6-19(23)24/h2,4-5,7-10,12,14H,3,6,11H2,1H3,(H,22,25)/t14-/m1/s1. The van der Waals surface area contributed by atoms with E-state index in [1.165, 1.54) is 0 Å². The molecule has 0 radical (unpaired) electrons. The zero-order valence-corrected chi connectivity index (χ0v) is 14.4. The van der Waals surface area contributed by atoms with Gasteiger partial charge in [0.2, 0.25) is 5.91 Å². The molecule has 6 nitrogen and oxygen atoms in total. The van der Waals surface area contributed by atoms with Crippen LogP contribution in [0.25, 0.3) is 0 Å². The molecule has 0 saturated carbocycles. The largest absolute Gasteiger partial charge is 0.481 e. The van der Waals surface area contributed by atoms with Crippen molar-refractivity contribution in [3.63, 3.8) is 0 Å². The lowest BCUT2D eigenvalue weighted by molar-refractivity contribution is -0.122. The maximum Gasteiger partial charge on any atom is 0.265 e. The van der Waals surface area contributed by atoms with E-state index in [2.05, 4.69) is 5.32 Å².